The van der Waals surface area contributed by atoms with Crippen LogP contribution in [0.5, 0.6) is 5.75 Å². The van der Waals surface area contributed by atoms with E-state index in [9.17, 15) is 0 Å². The number of ether oxygens (including phenoxy) is 3. The number of hydrogen-bond donors (Lipinski definition) is 0. The minimum atomic E-state index is 0.0432. The summed E-state index contributed by atoms with van der Waals surface area (Å²) in [5.41, 5.74) is 0. The molecule has 0 aliphatic rings. The van der Waals surface area contributed by atoms with Crippen LogP contribution in [0.3, 0.4) is 0 Å². The minimum absolute atomic E-state index is 0.0432. The Kier molecular flexibility index (Phi) is 5.90. The van der Waals surface area contributed by atoms with Crippen LogP contribution in [0.25, 0.3) is 0 Å². The lowest BCUT2D eigenvalue weighted by Gasteiger charge is -2.18. The average molecular weight is 224 g/mol. The summed E-state index contributed by atoms with van der Waals surface area (Å²) in [5.74, 6) is 0.873. The maximum absolute atomic E-state index is 5.68. The quantitative estimate of drug-likeness (QED) is 0.712. The summed E-state index contributed by atoms with van der Waals surface area (Å²) in [7, 11) is 1.67. The van der Waals surface area contributed by atoms with Crippen molar-refractivity contribution in [3.8, 4) is 5.75 Å². The van der Waals surface area contributed by atoms with E-state index in [0.29, 0.717) is 13.2 Å². The zero-order valence-electron chi connectivity index (χ0n) is 10.2. The molecule has 16 heavy (non-hydrogen) atoms. The summed E-state index contributed by atoms with van der Waals surface area (Å²) < 4.78 is 16.2. The number of rotatable bonds is 7. The van der Waals surface area contributed by atoms with E-state index in [1.165, 1.54) is 0 Å². The topological polar surface area (TPSA) is 27.7 Å². The highest BCUT2D eigenvalue weighted by atomic mass is 16.6. The molecule has 0 aliphatic heterocycles. The van der Waals surface area contributed by atoms with Crippen LogP contribution in [0.1, 0.15) is 13.8 Å². The van der Waals surface area contributed by atoms with Crippen molar-refractivity contribution < 1.29 is 14.2 Å². The Morgan fingerprint density at radius 3 is 2.31 bits per heavy atom. The van der Waals surface area contributed by atoms with E-state index >= 15 is 0 Å². The number of hydrogen-bond acceptors (Lipinski definition) is 3. The highest BCUT2D eigenvalue weighted by Gasteiger charge is 2.07. The van der Waals surface area contributed by atoms with Gasteiger partial charge in [-0.05, 0) is 26.0 Å². The summed E-state index contributed by atoms with van der Waals surface area (Å²) >= 11 is 0. The SMILES string of the molecule is COCC(C)OCC(C)Oc1ccccc1. The fourth-order valence-electron chi connectivity index (χ4n) is 1.35. The Labute approximate surface area is 97.3 Å². The monoisotopic (exact) mass is 224 g/mol. The second kappa shape index (κ2) is 7.25. The van der Waals surface area contributed by atoms with Gasteiger partial charge in [0.2, 0.25) is 0 Å². The van der Waals surface area contributed by atoms with Crippen LogP contribution in [0.15, 0.2) is 30.3 Å². The van der Waals surface area contributed by atoms with Gasteiger partial charge in [0.15, 0.2) is 0 Å². The zero-order chi connectivity index (χ0) is 11.8. The van der Waals surface area contributed by atoms with Gasteiger partial charge in [-0.3, -0.25) is 0 Å². The molecule has 0 heterocycles. The summed E-state index contributed by atoms with van der Waals surface area (Å²) in [5, 5.41) is 0. The van der Waals surface area contributed by atoms with Gasteiger partial charge in [0.1, 0.15) is 11.9 Å². The minimum Gasteiger partial charge on any atom is -0.488 e. The van der Waals surface area contributed by atoms with Crippen LogP contribution >= 0.6 is 0 Å². The van der Waals surface area contributed by atoms with Crippen LogP contribution in [-0.4, -0.2) is 32.5 Å². The molecule has 0 saturated carbocycles. The van der Waals surface area contributed by atoms with Crippen LogP contribution in [0, 0.1) is 0 Å². The van der Waals surface area contributed by atoms with Gasteiger partial charge in [-0.15, -0.1) is 0 Å². The van der Waals surface area contributed by atoms with Gasteiger partial charge in [0, 0.05) is 7.11 Å². The molecule has 2 unspecified atom stereocenters. The first kappa shape index (κ1) is 13.0. The highest BCUT2D eigenvalue weighted by Crippen LogP contribution is 2.11. The van der Waals surface area contributed by atoms with Crippen molar-refractivity contribution in [3.63, 3.8) is 0 Å². The van der Waals surface area contributed by atoms with Crippen molar-refractivity contribution in [2.24, 2.45) is 0 Å². The molecular formula is C13H20O3. The first-order chi connectivity index (χ1) is 7.72. The molecule has 0 saturated heterocycles. The molecule has 3 heteroatoms. The zero-order valence-corrected chi connectivity index (χ0v) is 10.2. The van der Waals surface area contributed by atoms with Crippen LogP contribution in [0.2, 0.25) is 0 Å². The first-order valence-electron chi connectivity index (χ1n) is 5.54. The highest BCUT2D eigenvalue weighted by molar-refractivity contribution is 5.21. The molecule has 0 aromatic heterocycles. The van der Waals surface area contributed by atoms with Gasteiger partial charge in [-0.1, -0.05) is 18.2 Å². The predicted molar refractivity (Wildman–Crippen MR) is 63.8 cm³/mol. The number of para-hydroxylation sites is 1. The van der Waals surface area contributed by atoms with E-state index in [-0.39, 0.29) is 12.2 Å². The summed E-state index contributed by atoms with van der Waals surface area (Å²) in [6, 6.07) is 9.76. The maximum atomic E-state index is 5.68. The molecule has 0 fully saturated rings. The molecule has 90 valence electrons. The predicted octanol–water partition coefficient (Wildman–Crippen LogP) is 2.51. The Morgan fingerprint density at radius 1 is 1.00 bits per heavy atom. The molecule has 0 aliphatic carbocycles. The van der Waals surface area contributed by atoms with Gasteiger partial charge >= 0.3 is 0 Å². The maximum Gasteiger partial charge on any atom is 0.119 e. The average Bonchev–Trinajstić information content (AvgIpc) is 2.28. The molecule has 0 radical (unpaired) electrons. The lowest BCUT2D eigenvalue weighted by molar-refractivity contribution is -0.0210. The lowest BCUT2D eigenvalue weighted by Crippen LogP contribution is -2.24. The second-order valence-electron chi connectivity index (χ2n) is 3.84. The Morgan fingerprint density at radius 2 is 1.69 bits per heavy atom. The smallest absolute Gasteiger partial charge is 0.119 e. The molecule has 1 rings (SSSR count). The molecule has 1 aromatic carbocycles. The van der Waals surface area contributed by atoms with E-state index in [4.69, 9.17) is 14.2 Å². The Hall–Kier alpha value is -1.06. The van der Waals surface area contributed by atoms with Crippen molar-refractivity contribution in [2.75, 3.05) is 20.3 Å². The summed E-state index contributed by atoms with van der Waals surface area (Å²) in [6.45, 7) is 5.16. The molecule has 0 bridgehead atoms. The van der Waals surface area contributed by atoms with Gasteiger partial charge in [0.05, 0.1) is 19.3 Å². The fourth-order valence-corrected chi connectivity index (χ4v) is 1.35. The van der Waals surface area contributed by atoms with E-state index in [2.05, 4.69) is 0 Å². The van der Waals surface area contributed by atoms with Gasteiger partial charge < -0.3 is 14.2 Å². The van der Waals surface area contributed by atoms with Crippen LogP contribution in [-0.2, 0) is 9.47 Å². The number of benzene rings is 1. The Bertz CT molecular complexity index is 274. The van der Waals surface area contributed by atoms with Crippen molar-refractivity contribution in [3.05, 3.63) is 30.3 Å². The molecule has 0 amide bonds. The molecule has 2 atom stereocenters. The van der Waals surface area contributed by atoms with Crippen LogP contribution < -0.4 is 4.74 Å². The fraction of sp³-hybridized carbons (Fsp3) is 0.538. The van der Waals surface area contributed by atoms with E-state index < -0.39 is 0 Å². The third-order valence-corrected chi connectivity index (χ3v) is 2.10. The van der Waals surface area contributed by atoms with Crippen molar-refractivity contribution in [1.82, 2.24) is 0 Å². The molecule has 1 aromatic rings. The van der Waals surface area contributed by atoms with Gasteiger partial charge in [-0.25, -0.2) is 0 Å². The number of methoxy groups -OCH3 is 1. The third-order valence-electron chi connectivity index (χ3n) is 2.10. The second-order valence-corrected chi connectivity index (χ2v) is 3.84. The third kappa shape index (κ3) is 5.14. The first-order valence-corrected chi connectivity index (χ1v) is 5.54. The van der Waals surface area contributed by atoms with Gasteiger partial charge in [0.25, 0.3) is 0 Å². The van der Waals surface area contributed by atoms with Gasteiger partial charge in [-0.2, -0.15) is 0 Å². The molecule has 0 N–H and O–H groups in total. The normalized spacial score (nSPS) is 14.4. The molecular weight excluding hydrogens is 204 g/mol. The van der Waals surface area contributed by atoms with E-state index in [0.717, 1.165) is 5.75 Å². The molecule has 0 spiro atoms. The standard InChI is InChI=1S/C13H20O3/c1-11(9-14-3)15-10-12(2)16-13-7-5-4-6-8-13/h4-8,11-12H,9-10H2,1-3H3. The van der Waals surface area contributed by atoms with Crippen molar-refractivity contribution >= 4 is 0 Å². The van der Waals surface area contributed by atoms with E-state index in [1.807, 2.05) is 44.2 Å². The summed E-state index contributed by atoms with van der Waals surface area (Å²) in [6.07, 6.45) is 0.147. The lowest BCUT2D eigenvalue weighted by atomic mass is 10.3. The van der Waals surface area contributed by atoms with E-state index in [1.54, 1.807) is 7.11 Å². The van der Waals surface area contributed by atoms with Crippen molar-refractivity contribution in [1.29, 1.82) is 0 Å². The largest absolute Gasteiger partial charge is 0.488 e. The molecule has 3 nitrogen and oxygen atoms in total. The Balaban J connectivity index is 2.23. The van der Waals surface area contributed by atoms with Crippen molar-refractivity contribution in [2.45, 2.75) is 26.1 Å². The van der Waals surface area contributed by atoms with Crippen LogP contribution in [0.4, 0.5) is 0 Å². The summed E-state index contributed by atoms with van der Waals surface area (Å²) in [4.78, 5) is 0.